The predicted octanol–water partition coefficient (Wildman–Crippen LogP) is 2.24. The van der Waals surface area contributed by atoms with Crippen molar-refractivity contribution in [3.05, 3.63) is 64.9 Å². The third-order valence-electron chi connectivity index (χ3n) is 3.65. The molecular weight excluding hydrogens is 340 g/mol. The first-order chi connectivity index (χ1) is 12.1. The number of halogens is 1. The van der Waals surface area contributed by atoms with Gasteiger partial charge in [0.15, 0.2) is 0 Å². The number of nitrogens with one attached hydrogen (secondary N) is 2. The van der Waals surface area contributed by atoms with Gasteiger partial charge in [0.1, 0.15) is 0 Å². The summed E-state index contributed by atoms with van der Waals surface area (Å²) in [6, 6.07) is 12.5. The maximum Gasteiger partial charge on any atom is 0.315 e. The van der Waals surface area contributed by atoms with Gasteiger partial charge in [-0.2, -0.15) is 0 Å². The quantitative estimate of drug-likeness (QED) is 0.795. The number of benzene rings is 1. The van der Waals surface area contributed by atoms with Gasteiger partial charge in [0.05, 0.1) is 6.54 Å². The molecule has 0 saturated heterocycles. The molecule has 7 heteroatoms. The lowest BCUT2D eigenvalue weighted by Gasteiger charge is -2.17. The molecule has 1 aromatic heterocycles. The molecule has 0 unspecified atom stereocenters. The van der Waals surface area contributed by atoms with Crippen LogP contribution in [0.1, 0.15) is 11.3 Å². The van der Waals surface area contributed by atoms with Crippen molar-refractivity contribution < 1.29 is 9.59 Å². The van der Waals surface area contributed by atoms with Crippen LogP contribution in [0.25, 0.3) is 0 Å². The van der Waals surface area contributed by atoms with E-state index in [2.05, 4.69) is 15.6 Å². The first-order valence-electron chi connectivity index (χ1n) is 7.95. The molecule has 6 nitrogen and oxygen atoms in total. The van der Waals surface area contributed by atoms with E-state index < -0.39 is 6.03 Å². The Labute approximate surface area is 152 Å². The fourth-order valence-electron chi connectivity index (χ4n) is 2.12. The molecule has 0 fully saturated rings. The minimum Gasteiger partial charge on any atom is -0.344 e. The largest absolute Gasteiger partial charge is 0.344 e. The number of rotatable bonds is 7. The number of pyridine rings is 1. The number of hydrogen-bond acceptors (Lipinski definition) is 3. The molecule has 0 radical (unpaired) electrons. The summed E-state index contributed by atoms with van der Waals surface area (Å²) >= 11 is 6.02. The normalized spacial score (nSPS) is 10.2. The highest BCUT2D eigenvalue weighted by molar-refractivity contribution is 6.31. The number of carbonyl (C=O) groups is 2. The zero-order valence-corrected chi connectivity index (χ0v) is 14.8. The molecule has 0 saturated carbocycles. The van der Waals surface area contributed by atoms with Crippen molar-refractivity contribution in [2.24, 2.45) is 0 Å². The Kier molecular flexibility index (Phi) is 7.22. The number of amides is 3. The van der Waals surface area contributed by atoms with Crippen LogP contribution in [0.5, 0.6) is 0 Å². The molecule has 1 aromatic carbocycles. The number of hydrogen-bond donors (Lipinski definition) is 2. The van der Waals surface area contributed by atoms with Gasteiger partial charge < -0.3 is 15.5 Å². The molecule has 0 aliphatic heterocycles. The minimum absolute atomic E-state index is 0.0624. The van der Waals surface area contributed by atoms with E-state index >= 15 is 0 Å². The lowest BCUT2D eigenvalue weighted by atomic mass is 10.2. The number of aromatic nitrogens is 1. The summed E-state index contributed by atoms with van der Waals surface area (Å²) in [7, 11) is 1.70. The topological polar surface area (TPSA) is 74.3 Å². The van der Waals surface area contributed by atoms with Gasteiger partial charge >= 0.3 is 6.03 Å². The number of urea groups is 1. The third-order valence-corrected chi connectivity index (χ3v) is 4.02. The number of likely N-dealkylation sites (N-methyl/N-ethyl adjacent to an activating group) is 1. The molecule has 0 aliphatic carbocycles. The van der Waals surface area contributed by atoms with E-state index in [1.54, 1.807) is 24.2 Å². The average molecular weight is 361 g/mol. The van der Waals surface area contributed by atoms with Gasteiger partial charge in [-0.1, -0.05) is 35.9 Å². The van der Waals surface area contributed by atoms with Gasteiger partial charge in [-0.05, 0) is 23.8 Å². The van der Waals surface area contributed by atoms with Crippen molar-refractivity contribution in [3.63, 3.8) is 0 Å². The van der Waals surface area contributed by atoms with Crippen LogP contribution in [0.15, 0.2) is 48.7 Å². The third kappa shape index (κ3) is 6.43. The molecule has 1 heterocycles. The zero-order chi connectivity index (χ0) is 18.1. The summed E-state index contributed by atoms with van der Waals surface area (Å²) < 4.78 is 0. The van der Waals surface area contributed by atoms with Crippen molar-refractivity contribution in [1.82, 2.24) is 20.5 Å². The van der Waals surface area contributed by atoms with Crippen LogP contribution in [0, 0.1) is 0 Å². The second-order valence-electron chi connectivity index (χ2n) is 5.51. The van der Waals surface area contributed by atoms with Gasteiger partial charge in [-0.3, -0.25) is 9.78 Å². The molecule has 132 valence electrons. The fraction of sp³-hybridized carbons (Fsp3) is 0.278. The van der Waals surface area contributed by atoms with Crippen LogP contribution in [-0.4, -0.2) is 42.0 Å². The highest BCUT2D eigenvalue weighted by atomic mass is 35.5. The summed E-state index contributed by atoms with van der Waals surface area (Å²) in [6.07, 6.45) is 2.39. The molecular formula is C18H21ClN4O2. The maximum atomic E-state index is 12.0. The van der Waals surface area contributed by atoms with E-state index in [9.17, 15) is 9.59 Å². The molecule has 0 aliphatic rings. The fourth-order valence-corrected chi connectivity index (χ4v) is 2.33. The smallest absolute Gasteiger partial charge is 0.315 e. The van der Waals surface area contributed by atoms with Crippen LogP contribution >= 0.6 is 11.6 Å². The summed E-state index contributed by atoms with van der Waals surface area (Å²) in [6.45, 7) is 0.779. The van der Waals surface area contributed by atoms with Crippen LogP contribution in [0.2, 0.25) is 5.02 Å². The van der Waals surface area contributed by atoms with E-state index in [1.807, 2.05) is 36.4 Å². The van der Waals surface area contributed by atoms with Crippen molar-refractivity contribution in [3.8, 4) is 0 Å². The van der Waals surface area contributed by atoms with Crippen molar-refractivity contribution >= 4 is 23.5 Å². The monoisotopic (exact) mass is 360 g/mol. The molecule has 2 aromatic rings. The van der Waals surface area contributed by atoms with Crippen molar-refractivity contribution in [2.75, 3.05) is 20.1 Å². The van der Waals surface area contributed by atoms with E-state index in [1.165, 1.54) is 0 Å². The van der Waals surface area contributed by atoms with Gasteiger partial charge in [-0.15, -0.1) is 0 Å². The summed E-state index contributed by atoms with van der Waals surface area (Å²) in [4.78, 5) is 29.6. The minimum atomic E-state index is -0.411. The van der Waals surface area contributed by atoms with Crippen LogP contribution < -0.4 is 10.6 Å². The average Bonchev–Trinajstić information content (AvgIpc) is 2.64. The summed E-state index contributed by atoms with van der Waals surface area (Å²) in [5, 5.41) is 5.82. The maximum absolute atomic E-state index is 12.0. The lowest BCUT2D eigenvalue weighted by molar-refractivity contribution is -0.128. The summed E-state index contributed by atoms with van der Waals surface area (Å²) in [5.41, 5.74) is 1.74. The Morgan fingerprint density at radius 2 is 1.88 bits per heavy atom. The Bertz CT molecular complexity index is 709. The molecule has 0 spiro atoms. The first kappa shape index (κ1) is 18.7. The van der Waals surface area contributed by atoms with Gasteiger partial charge in [0, 0.05) is 43.5 Å². The molecule has 3 amide bonds. The Hall–Kier alpha value is -2.60. The molecule has 25 heavy (non-hydrogen) atoms. The van der Waals surface area contributed by atoms with Crippen molar-refractivity contribution in [1.29, 1.82) is 0 Å². The highest BCUT2D eigenvalue weighted by Gasteiger charge is 2.11. The standard InChI is InChI=1S/C18H21ClN4O2/c1-23(11-9-15-7-4-5-10-20-15)17(24)13-22-18(25)21-12-14-6-2-3-8-16(14)19/h2-8,10H,9,11-13H2,1H3,(H2,21,22,25). The van der Waals surface area contributed by atoms with Crippen LogP contribution in [0.3, 0.4) is 0 Å². The molecule has 0 atom stereocenters. The highest BCUT2D eigenvalue weighted by Crippen LogP contribution is 2.14. The second kappa shape index (κ2) is 9.64. The van der Waals surface area contributed by atoms with Crippen LogP contribution in [0.4, 0.5) is 4.79 Å². The van der Waals surface area contributed by atoms with Crippen molar-refractivity contribution in [2.45, 2.75) is 13.0 Å². The Balaban J connectivity index is 1.68. The second-order valence-corrected chi connectivity index (χ2v) is 5.92. The Morgan fingerprint density at radius 1 is 1.12 bits per heavy atom. The van der Waals surface area contributed by atoms with Crippen LogP contribution in [-0.2, 0) is 17.8 Å². The van der Waals surface area contributed by atoms with E-state index in [0.29, 0.717) is 24.5 Å². The zero-order valence-electron chi connectivity index (χ0n) is 14.0. The molecule has 2 N–H and O–H groups in total. The molecule has 2 rings (SSSR count). The van der Waals surface area contributed by atoms with Gasteiger partial charge in [0.2, 0.25) is 5.91 Å². The number of carbonyl (C=O) groups excluding carboxylic acids is 2. The Morgan fingerprint density at radius 3 is 2.60 bits per heavy atom. The van der Waals surface area contributed by atoms with E-state index in [4.69, 9.17) is 11.6 Å². The molecule has 0 bridgehead atoms. The van der Waals surface area contributed by atoms with Gasteiger partial charge in [-0.25, -0.2) is 4.79 Å². The first-order valence-corrected chi connectivity index (χ1v) is 8.33. The lowest BCUT2D eigenvalue weighted by Crippen LogP contribution is -2.42. The summed E-state index contributed by atoms with van der Waals surface area (Å²) in [5.74, 6) is -0.163. The van der Waals surface area contributed by atoms with E-state index in [-0.39, 0.29) is 12.5 Å². The van der Waals surface area contributed by atoms with Gasteiger partial charge in [0.25, 0.3) is 0 Å². The number of nitrogens with zero attached hydrogens (tertiary/aromatic N) is 2. The SMILES string of the molecule is CN(CCc1ccccn1)C(=O)CNC(=O)NCc1ccccc1Cl. The predicted molar refractivity (Wildman–Crippen MR) is 97.3 cm³/mol. The van der Waals surface area contributed by atoms with E-state index in [0.717, 1.165) is 11.3 Å².